The van der Waals surface area contributed by atoms with Crippen molar-refractivity contribution in [3.05, 3.63) is 22.4 Å². The van der Waals surface area contributed by atoms with Crippen LogP contribution in [0, 0.1) is 5.92 Å². The molecule has 94 valence electrons. The second kappa shape index (κ2) is 6.92. The molecule has 2 rings (SSSR count). The maximum Gasteiger partial charge on any atom is 0.133 e. The van der Waals surface area contributed by atoms with Gasteiger partial charge in [0.25, 0.3) is 0 Å². The SMILES string of the molecule is O=C(CCCc1cccs1)CC1CCOCC1. The fourth-order valence-corrected chi connectivity index (χ4v) is 3.04. The fourth-order valence-electron chi connectivity index (χ4n) is 2.29. The summed E-state index contributed by atoms with van der Waals surface area (Å²) in [7, 11) is 0. The van der Waals surface area contributed by atoms with E-state index in [1.165, 1.54) is 4.88 Å². The molecule has 0 N–H and O–H groups in total. The van der Waals surface area contributed by atoms with Crippen LogP contribution >= 0.6 is 11.3 Å². The van der Waals surface area contributed by atoms with Gasteiger partial charge < -0.3 is 4.74 Å². The molecule has 0 radical (unpaired) electrons. The van der Waals surface area contributed by atoms with Gasteiger partial charge in [0, 0.05) is 30.9 Å². The number of carbonyl (C=O) groups excluding carboxylic acids is 1. The summed E-state index contributed by atoms with van der Waals surface area (Å²) in [6, 6.07) is 4.22. The lowest BCUT2D eigenvalue weighted by Crippen LogP contribution is -2.18. The van der Waals surface area contributed by atoms with Crippen LogP contribution in [0.25, 0.3) is 0 Å². The Labute approximate surface area is 107 Å². The van der Waals surface area contributed by atoms with Crippen molar-refractivity contribution in [2.75, 3.05) is 13.2 Å². The van der Waals surface area contributed by atoms with Crippen LogP contribution in [0.2, 0.25) is 0 Å². The fraction of sp³-hybridized carbons (Fsp3) is 0.643. The van der Waals surface area contributed by atoms with Crippen LogP contribution in [0.1, 0.15) is 37.0 Å². The van der Waals surface area contributed by atoms with E-state index in [-0.39, 0.29) is 0 Å². The van der Waals surface area contributed by atoms with Crippen LogP contribution in [-0.4, -0.2) is 19.0 Å². The van der Waals surface area contributed by atoms with Crippen molar-refractivity contribution in [3.63, 3.8) is 0 Å². The summed E-state index contributed by atoms with van der Waals surface area (Å²) >= 11 is 1.78. The smallest absolute Gasteiger partial charge is 0.133 e. The van der Waals surface area contributed by atoms with E-state index in [2.05, 4.69) is 17.5 Å². The molecule has 1 aliphatic rings. The quantitative estimate of drug-likeness (QED) is 0.775. The molecule has 1 fully saturated rings. The molecule has 0 aromatic carbocycles. The van der Waals surface area contributed by atoms with E-state index in [0.29, 0.717) is 11.7 Å². The molecule has 0 unspecified atom stereocenters. The van der Waals surface area contributed by atoms with Gasteiger partial charge in [0.2, 0.25) is 0 Å². The van der Waals surface area contributed by atoms with Gasteiger partial charge in [-0.05, 0) is 43.0 Å². The summed E-state index contributed by atoms with van der Waals surface area (Å²) in [5.74, 6) is 1.02. The average Bonchev–Trinajstić information content (AvgIpc) is 2.83. The molecule has 0 bridgehead atoms. The highest BCUT2D eigenvalue weighted by atomic mass is 32.1. The first-order valence-electron chi connectivity index (χ1n) is 6.46. The lowest BCUT2D eigenvalue weighted by atomic mass is 9.93. The number of ketones is 1. The lowest BCUT2D eigenvalue weighted by molar-refractivity contribution is -0.120. The minimum atomic E-state index is 0.438. The van der Waals surface area contributed by atoms with Crippen LogP contribution in [0.4, 0.5) is 0 Å². The molecule has 0 aliphatic carbocycles. The highest BCUT2D eigenvalue weighted by molar-refractivity contribution is 7.09. The molecule has 2 heterocycles. The third kappa shape index (κ3) is 4.60. The Kier molecular flexibility index (Phi) is 5.20. The molecule has 1 aromatic rings. The first-order valence-corrected chi connectivity index (χ1v) is 7.34. The Morgan fingerprint density at radius 1 is 1.41 bits per heavy atom. The van der Waals surface area contributed by atoms with Crippen molar-refractivity contribution >= 4 is 17.1 Å². The van der Waals surface area contributed by atoms with Gasteiger partial charge in [0.1, 0.15) is 5.78 Å². The van der Waals surface area contributed by atoms with Crippen molar-refractivity contribution in [3.8, 4) is 0 Å². The van der Waals surface area contributed by atoms with Gasteiger partial charge in [-0.3, -0.25) is 4.79 Å². The van der Waals surface area contributed by atoms with Crippen LogP contribution in [-0.2, 0) is 16.0 Å². The van der Waals surface area contributed by atoms with Gasteiger partial charge in [-0.1, -0.05) is 6.07 Å². The summed E-state index contributed by atoms with van der Waals surface area (Å²) in [6.45, 7) is 1.68. The molecule has 0 saturated carbocycles. The van der Waals surface area contributed by atoms with Crippen molar-refractivity contribution in [2.45, 2.75) is 38.5 Å². The number of hydrogen-bond donors (Lipinski definition) is 0. The monoisotopic (exact) mass is 252 g/mol. The van der Waals surface area contributed by atoms with Gasteiger partial charge in [-0.25, -0.2) is 0 Å². The molecular formula is C14H20O2S. The molecule has 1 saturated heterocycles. The normalized spacial score (nSPS) is 17.2. The first-order chi connectivity index (χ1) is 8.34. The van der Waals surface area contributed by atoms with E-state index in [9.17, 15) is 4.79 Å². The lowest BCUT2D eigenvalue weighted by Gasteiger charge is -2.21. The van der Waals surface area contributed by atoms with Gasteiger partial charge >= 0.3 is 0 Å². The van der Waals surface area contributed by atoms with E-state index >= 15 is 0 Å². The molecule has 0 atom stereocenters. The van der Waals surface area contributed by atoms with E-state index in [1.807, 2.05) is 0 Å². The number of rotatable bonds is 6. The van der Waals surface area contributed by atoms with Gasteiger partial charge in [0.15, 0.2) is 0 Å². The number of ether oxygens (including phenoxy) is 1. The predicted octanol–water partition coefficient (Wildman–Crippen LogP) is 3.46. The molecule has 3 heteroatoms. The second-order valence-corrected chi connectivity index (χ2v) is 5.76. The zero-order chi connectivity index (χ0) is 11.9. The minimum absolute atomic E-state index is 0.438. The largest absolute Gasteiger partial charge is 0.381 e. The zero-order valence-corrected chi connectivity index (χ0v) is 11.0. The molecule has 17 heavy (non-hydrogen) atoms. The maximum absolute atomic E-state index is 11.8. The number of hydrogen-bond acceptors (Lipinski definition) is 3. The molecule has 1 aliphatic heterocycles. The topological polar surface area (TPSA) is 26.3 Å². The maximum atomic E-state index is 11.8. The third-order valence-electron chi connectivity index (χ3n) is 3.32. The minimum Gasteiger partial charge on any atom is -0.381 e. The third-order valence-corrected chi connectivity index (χ3v) is 4.25. The Hall–Kier alpha value is -0.670. The summed E-state index contributed by atoms with van der Waals surface area (Å²) in [5.41, 5.74) is 0. The van der Waals surface area contributed by atoms with Crippen LogP contribution < -0.4 is 0 Å². The Balaban J connectivity index is 1.60. The Morgan fingerprint density at radius 3 is 2.94 bits per heavy atom. The first kappa shape index (κ1) is 12.8. The van der Waals surface area contributed by atoms with Gasteiger partial charge in [-0.15, -0.1) is 11.3 Å². The van der Waals surface area contributed by atoms with Crippen molar-refractivity contribution in [1.82, 2.24) is 0 Å². The number of Topliss-reactive ketones (excluding diaryl/α,β-unsaturated/α-hetero) is 1. The van der Waals surface area contributed by atoms with Crippen molar-refractivity contribution in [2.24, 2.45) is 5.92 Å². The standard InChI is InChI=1S/C14H20O2S/c15-13(11-12-6-8-16-9-7-12)3-1-4-14-5-2-10-17-14/h2,5,10,12H,1,3-4,6-9,11H2. The number of thiophene rings is 1. The molecule has 2 nitrogen and oxygen atoms in total. The highest BCUT2D eigenvalue weighted by Gasteiger charge is 2.16. The summed E-state index contributed by atoms with van der Waals surface area (Å²) in [6.07, 6.45) is 5.70. The molecule has 1 aromatic heterocycles. The van der Waals surface area contributed by atoms with E-state index in [4.69, 9.17) is 4.74 Å². The summed E-state index contributed by atoms with van der Waals surface area (Å²) in [4.78, 5) is 13.2. The predicted molar refractivity (Wildman–Crippen MR) is 70.4 cm³/mol. The number of aryl methyl sites for hydroxylation is 1. The highest BCUT2D eigenvalue weighted by Crippen LogP contribution is 2.20. The van der Waals surface area contributed by atoms with E-state index in [0.717, 1.165) is 51.7 Å². The molecular weight excluding hydrogens is 232 g/mol. The van der Waals surface area contributed by atoms with Crippen molar-refractivity contribution in [1.29, 1.82) is 0 Å². The second-order valence-electron chi connectivity index (χ2n) is 4.73. The van der Waals surface area contributed by atoms with E-state index < -0.39 is 0 Å². The van der Waals surface area contributed by atoms with Crippen LogP contribution in [0.5, 0.6) is 0 Å². The van der Waals surface area contributed by atoms with E-state index in [1.54, 1.807) is 11.3 Å². The Morgan fingerprint density at radius 2 is 2.24 bits per heavy atom. The summed E-state index contributed by atoms with van der Waals surface area (Å²) in [5, 5.41) is 2.10. The van der Waals surface area contributed by atoms with Crippen LogP contribution in [0.3, 0.4) is 0 Å². The average molecular weight is 252 g/mol. The molecule has 0 spiro atoms. The zero-order valence-electron chi connectivity index (χ0n) is 10.2. The van der Waals surface area contributed by atoms with Gasteiger partial charge in [0.05, 0.1) is 0 Å². The Bertz CT molecular complexity index is 326. The number of carbonyl (C=O) groups is 1. The molecule has 0 amide bonds. The van der Waals surface area contributed by atoms with Crippen molar-refractivity contribution < 1.29 is 9.53 Å². The van der Waals surface area contributed by atoms with Crippen LogP contribution in [0.15, 0.2) is 17.5 Å². The van der Waals surface area contributed by atoms with Gasteiger partial charge in [-0.2, -0.15) is 0 Å². The summed E-state index contributed by atoms with van der Waals surface area (Å²) < 4.78 is 5.30.